The van der Waals surface area contributed by atoms with Crippen LogP contribution in [0.15, 0.2) is 16.7 Å². The summed E-state index contributed by atoms with van der Waals surface area (Å²) in [6, 6.07) is 1.63. The highest BCUT2D eigenvalue weighted by molar-refractivity contribution is 5.85. The van der Waals surface area contributed by atoms with Crippen molar-refractivity contribution in [1.82, 2.24) is 0 Å². The van der Waals surface area contributed by atoms with Gasteiger partial charge in [0.05, 0.1) is 19.0 Å². The number of rotatable bonds is 6. The van der Waals surface area contributed by atoms with E-state index in [1.807, 2.05) is 6.92 Å². The van der Waals surface area contributed by atoms with Crippen LogP contribution in [0, 0.1) is 5.92 Å². The first-order valence-corrected chi connectivity index (χ1v) is 5.42. The molecule has 0 aliphatic rings. The molecule has 1 aromatic rings. The molecule has 4 nitrogen and oxygen atoms in total. The molecule has 1 atom stereocenters. The van der Waals surface area contributed by atoms with Crippen molar-refractivity contribution in [2.45, 2.75) is 39.9 Å². The van der Waals surface area contributed by atoms with Crippen LogP contribution in [0.1, 0.15) is 43.3 Å². The second-order valence-corrected chi connectivity index (χ2v) is 4.33. The van der Waals surface area contributed by atoms with Gasteiger partial charge < -0.3 is 14.3 Å². The second-order valence-electron chi connectivity index (χ2n) is 4.33. The van der Waals surface area contributed by atoms with Gasteiger partial charge in [-0.25, -0.2) is 4.79 Å². The van der Waals surface area contributed by atoms with Gasteiger partial charge in [0.25, 0.3) is 0 Å². The monoisotopic (exact) mass is 226 g/mol. The van der Waals surface area contributed by atoms with Gasteiger partial charge >= 0.3 is 5.97 Å². The minimum atomic E-state index is -1.06. The van der Waals surface area contributed by atoms with Crippen LogP contribution < -0.4 is 0 Å². The molecule has 0 radical (unpaired) electrons. The average molecular weight is 226 g/mol. The standard InChI is InChI=1S/C12H18O4/c1-8(2)6-9(3)16-7-10-4-5-15-11(10)12(13)14/h4-5,8-9H,6-7H2,1-3H3,(H,13,14). The van der Waals surface area contributed by atoms with E-state index in [1.165, 1.54) is 6.26 Å². The first kappa shape index (κ1) is 12.8. The Hall–Kier alpha value is -1.29. The Kier molecular flexibility index (Phi) is 4.55. The van der Waals surface area contributed by atoms with Crippen molar-refractivity contribution >= 4 is 5.97 Å². The summed E-state index contributed by atoms with van der Waals surface area (Å²) < 4.78 is 10.4. The van der Waals surface area contributed by atoms with Gasteiger partial charge in [0.1, 0.15) is 0 Å². The number of carboxylic acids is 1. The van der Waals surface area contributed by atoms with Gasteiger partial charge in [-0.05, 0) is 25.3 Å². The van der Waals surface area contributed by atoms with Gasteiger partial charge in [-0.3, -0.25) is 0 Å². The first-order valence-electron chi connectivity index (χ1n) is 5.42. The Bertz CT molecular complexity index is 341. The Morgan fingerprint density at radius 2 is 2.19 bits per heavy atom. The normalized spacial score (nSPS) is 13.0. The van der Waals surface area contributed by atoms with Crippen LogP contribution in [-0.2, 0) is 11.3 Å². The van der Waals surface area contributed by atoms with E-state index in [0.717, 1.165) is 6.42 Å². The third kappa shape index (κ3) is 3.70. The van der Waals surface area contributed by atoms with Crippen molar-refractivity contribution in [2.24, 2.45) is 5.92 Å². The SMILES string of the molecule is CC(C)CC(C)OCc1ccoc1C(=O)O. The molecule has 1 heterocycles. The fraction of sp³-hybridized carbons (Fsp3) is 0.583. The van der Waals surface area contributed by atoms with Crippen LogP contribution in [0.4, 0.5) is 0 Å². The van der Waals surface area contributed by atoms with E-state index in [2.05, 4.69) is 13.8 Å². The van der Waals surface area contributed by atoms with Crippen molar-refractivity contribution in [3.63, 3.8) is 0 Å². The molecule has 1 aromatic heterocycles. The summed E-state index contributed by atoms with van der Waals surface area (Å²) in [6.07, 6.45) is 2.45. The van der Waals surface area contributed by atoms with Gasteiger partial charge in [0.2, 0.25) is 5.76 Å². The quantitative estimate of drug-likeness (QED) is 0.810. The summed E-state index contributed by atoms with van der Waals surface area (Å²) in [5.74, 6) is -0.518. The highest BCUT2D eigenvalue weighted by atomic mass is 16.5. The summed E-state index contributed by atoms with van der Waals surface area (Å²) in [5, 5.41) is 8.82. The second kappa shape index (κ2) is 5.70. The maximum Gasteiger partial charge on any atom is 0.372 e. The van der Waals surface area contributed by atoms with E-state index < -0.39 is 5.97 Å². The van der Waals surface area contributed by atoms with E-state index in [0.29, 0.717) is 11.5 Å². The van der Waals surface area contributed by atoms with Crippen LogP contribution in [0.3, 0.4) is 0 Å². The van der Waals surface area contributed by atoms with Crippen LogP contribution in [0.5, 0.6) is 0 Å². The highest BCUT2D eigenvalue weighted by Crippen LogP contribution is 2.15. The van der Waals surface area contributed by atoms with E-state index in [9.17, 15) is 4.79 Å². The number of carboxylic acid groups (broad SMARTS) is 1. The van der Waals surface area contributed by atoms with Crippen molar-refractivity contribution in [2.75, 3.05) is 0 Å². The van der Waals surface area contributed by atoms with Gasteiger partial charge in [0, 0.05) is 5.56 Å². The molecule has 0 aromatic carbocycles. The third-order valence-corrected chi connectivity index (χ3v) is 2.27. The maximum atomic E-state index is 10.8. The number of hydrogen-bond acceptors (Lipinski definition) is 3. The average Bonchev–Trinajstić information content (AvgIpc) is 2.61. The lowest BCUT2D eigenvalue weighted by molar-refractivity contribution is 0.0375. The Labute approximate surface area is 95.2 Å². The molecular formula is C12H18O4. The Morgan fingerprint density at radius 1 is 1.50 bits per heavy atom. The smallest absolute Gasteiger partial charge is 0.372 e. The molecule has 4 heteroatoms. The molecule has 0 aliphatic heterocycles. The molecule has 0 saturated carbocycles. The largest absolute Gasteiger partial charge is 0.475 e. The van der Waals surface area contributed by atoms with E-state index in [4.69, 9.17) is 14.3 Å². The molecule has 0 aliphatic carbocycles. The predicted octanol–water partition coefficient (Wildman–Crippen LogP) is 2.93. The predicted molar refractivity (Wildman–Crippen MR) is 59.4 cm³/mol. The van der Waals surface area contributed by atoms with Crippen molar-refractivity contribution in [3.05, 3.63) is 23.7 Å². The first-order chi connectivity index (χ1) is 7.50. The summed E-state index contributed by atoms with van der Waals surface area (Å²) >= 11 is 0. The molecule has 0 spiro atoms. The number of aromatic carboxylic acids is 1. The van der Waals surface area contributed by atoms with Crippen molar-refractivity contribution < 1.29 is 19.1 Å². The molecule has 16 heavy (non-hydrogen) atoms. The van der Waals surface area contributed by atoms with Crippen LogP contribution in [-0.4, -0.2) is 17.2 Å². The molecule has 0 fully saturated rings. The highest BCUT2D eigenvalue weighted by Gasteiger charge is 2.15. The van der Waals surface area contributed by atoms with E-state index >= 15 is 0 Å². The molecule has 1 unspecified atom stereocenters. The molecule has 1 rings (SSSR count). The molecule has 0 bridgehead atoms. The number of ether oxygens (including phenoxy) is 1. The van der Waals surface area contributed by atoms with Crippen LogP contribution in [0.25, 0.3) is 0 Å². The zero-order valence-electron chi connectivity index (χ0n) is 9.90. The van der Waals surface area contributed by atoms with Crippen molar-refractivity contribution in [1.29, 1.82) is 0 Å². The zero-order valence-corrected chi connectivity index (χ0v) is 9.90. The van der Waals surface area contributed by atoms with Crippen LogP contribution in [0.2, 0.25) is 0 Å². The number of furan rings is 1. The minimum Gasteiger partial charge on any atom is -0.475 e. The lowest BCUT2D eigenvalue weighted by Gasteiger charge is -2.14. The molecular weight excluding hydrogens is 208 g/mol. The minimum absolute atomic E-state index is 0.0308. The topological polar surface area (TPSA) is 59.7 Å². The molecule has 1 N–H and O–H groups in total. The van der Waals surface area contributed by atoms with E-state index in [-0.39, 0.29) is 18.5 Å². The summed E-state index contributed by atoms with van der Waals surface area (Å²) in [4.78, 5) is 10.8. The van der Waals surface area contributed by atoms with Crippen molar-refractivity contribution in [3.8, 4) is 0 Å². The third-order valence-electron chi connectivity index (χ3n) is 2.27. The molecule has 0 saturated heterocycles. The summed E-state index contributed by atoms with van der Waals surface area (Å²) in [6.45, 7) is 6.52. The zero-order chi connectivity index (χ0) is 12.1. The number of hydrogen-bond donors (Lipinski definition) is 1. The Balaban J connectivity index is 2.48. The fourth-order valence-corrected chi connectivity index (χ4v) is 1.60. The summed E-state index contributed by atoms with van der Waals surface area (Å²) in [5.41, 5.74) is 0.586. The van der Waals surface area contributed by atoms with Gasteiger partial charge in [0.15, 0.2) is 0 Å². The van der Waals surface area contributed by atoms with Gasteiger partial charge in [-0.15, -0.1) is 0 Å². The fourth-order valence-electron chi connectivity index (χ4n) is 1.60. The summed E-state index contributed by atoms with van der Waals surface area (Å²) in [7, 11) is 0. The number of carbonyl (C=O) groups is 1. The molecule has 90 valence electrons. The van der Waals surface area contributed by atoms with Gasteiger partial charge in [-0.1, -0.05) is 13.8 Å². The Morgan fingerprint density at radius 3 is 2.75 bits per heavy atom. The van der Waals surface area contributed by atoms with E-state index in [1.54, 1.807) is 6.07 Å². The van der Waals surface area contributed by atoms with Crippen LogP contribution >= 0.6 is 0 Å². The molecule has 0 amide bonds. The lowest BCUT2D eigenvalue weighted by Crippen LogP contribution is -2.12. The maximum absolute atomic E-state index is 10.8. The van der Waals surface area contributed by atoms with Gasteiger partial charge in [-0.2, -0.15) is 0 Å². The lowest BCUT2D eigenvalue weighted by atomic mass is 10.1.